The Bertz CT molecular complexity index is 1930. The van der Waals surface area contributed by atoms with Gasteiger partial charge < -0.3 is 25.0 Å². The van der Waals surface area contributed by atoms with Gasteiger partial charge in [-0.15, -0.1) is 12.4 Å². The molecule has 4 atom stereocenters. The highest BCUT2D eigenvalue weighted by Crippen LogP contribution is 2.36. The lowest BCUT2D eigenvalue weighted by Gasteiger charge is -2.38. The van der Waals surface area contributed by atoms with E-state index in [9.17, 15) is 19.2 Å². The highest BCUT2D eigenvalue weighted by atomic mass is 35.5. The van der Waals surface area contributed by atoms with Crippen molar-refractivity contribution in [1.29, 1.82) is 0 Å². The molecule has 304 valence electrons. The number of aliphatic imine (C=N–C) groups is 1. The minimum Gasteiger partial charge on any atom is -0.497 e. The van der Waals surface area contributed by atoms with Crippen LogP contribution in [0.3, 0.4) is 0 Å². The zero-order valence-electron chi connectivity index (χ0n) is 32.5. The molecule has 2 aliphatic rings. The van der Waals surface area contributed by atoms with Crippen molar-refractivity contribution >= 4 is 65.0 Å². The smallest absolute Gasteiger partial charge is 0.240 e. The number of aromatic nitrogens is 2. The minimum absolute atomic E-state index is 0. The molecule has 57 heavy (non-hydrogen) atoms. The number of nitrogens with two attached hydrogens (primary N) is 1. The van der Waals surface area contributed by atoms with E-state index in [1.54, 1.807) is 52.5 Å². The number of benzene rings is 2. The van der Waals surface area contributed by atoms with Crippen molar-refractivity contribution in [3.05, 3.63) is 112 Å². The number of ether oxygens (including phenoxy) is 2. The van der Waals surface area contributed by atoms with Crippen LogP contribution >= 0.6 is 35.6 Å². The van der Waals surface area contributed by atoms with Crippen molar-refractivity contribution in [3.8, 4) is 11.5 Å². The third-order valence-electron chi connectivity index (χ3n) is 9.94. The van der Waals surface area contributed by atoms with E-state index in [2.05, 4.69) is 39.2 Å². The molecule has 12 nitrogen and oxygen atoms in total. The first-order valence-corrected chi connectivity index (χ1v) is 19.0. The van der Waals surface area contributed by atoms with E-state index in [4.69, 9.17) is 38.4 Å². The van der Waals surface area contributed by atoms with Gasteiger partial charge in [0, 0.05) is 71.0 Å². The summed E-state index contributed by atoms with van der Waals surface area (Å²) in [5.74, 6) is 2.66. The third-order valence-corrected chi connectivity index (χ3v) is 10.4. The Hall–Kier alpha value is -4.84. The number of rotatable bonds is 9. The van der Waals surface area contributed by atoms with Gasteiger partial charge in [0.1, 0.15) is 27.6 Å². The molecule has 0 spiro atoms. The summed E-state index contributed by atoms with van der Waals surface area (Å²) in [6, 6.07) is 22.7. The van der Waals surface area contributed by atoms with Crippen LogP contribution in [-0.4, -0.2) is 89.9 Å². The number of isocyanates is 1. The first-order valence-electron chi connectivity index (χ1n) is 18.3. The topological polar surface area (TPSA) is 157 Å². The molecule has 2 aromatic carbocycles. The Labute approximate surface area is 350 Å². The predicted molar refractivity (Wildman–Crippen MR) is 224 cm³/mol. The van der Waals surface area contributed by atoms with Gasteiger partial charge in [-0.1, -0.05) is 53.5 Å². The van der Waals surface area contributed by atoms with E-state index in [0.29, 0.717) is 47.8 Å². The number of pyridine rings is 2. The number of carbonyl (C=O) groups excluding carboxylic acids is 4. The molecule has 2 fully saturated rings. The predicted octanol–water partition coefficient (Wildman–Crippen LogP) is 7.38. The first-order chi connectivity index (χ1) is 26.9. The van der Waals surface area contributed by atoms with Crippen molar-refractivity contribution in [1.82, 2.24) is 19.8 Å². The molecular weight excluding hydrogens is 791 g/mol. The monoisotopic (exact) mass is 838 g/mol. The normalized spacial score (nSPS) is 18.5. The molecule has 2 amide bonds. The van der Waals surface area contributed by atoms with Crippen LogP contribution in [0.25, 0.3) is 0 Å². The van der Waals surface area contributed by atoms with Gasteiger partial charge in [-0.3, -0.25) is 14.4 Å². The molecule has 15 heteroatoms. The van der Waals surface area contributed by atoms with Crippen LogP contribution < -0.4 is 15.2 Å². The minimum atomic E-state index is 0. The summed E-state index contributed by atoms with van der Waals surface area (Å²) in [4.78, 5) is 60.4. The molecule has 0 bridgehead atoms. The molecule has 0 radical (unpaired) electrons. The van der Waals surface area contributed by atoms with Crippen LogP contribution in [0.2, 0.25) is 10.3 Å². The number of methoxy groups -OCH3 is 2. The van der Waals surface area contributed by atoms with Crippen LogP contribution in [0.4, 0.5) is 5.69 Å². The molecule has 4 aromatic rings. The maximum absolute atomic E-state index is 12.7. The summed E-state index contributed by atoms with van der Waals surface area (Å²) < 4.78 is 10.4. The Morgan fingerprint density at radius 2 is 1.28 bits per heavy atom. The van der Waals surface area contributed by atoms with Crippen LogP contribution in [-0.2, 0) is 25.6 Å². The molecule has 2 unspecified atom stereocenters. The molecule has 2 aromatic heterocycles. The van der Waals surface area contributed by atoms with Crippen molar-refractivity contribution < 1.29 is 28.7 Å². The first kappa shape index (κ1) is 46.5. The Kier molecular flexibility index (Phi) is 19.1. The fourth-order valence-corrected chi connectivity index (χ4v) is 7.16. The average molecular weight is 840 g/mol. The zero-order chi connectivity index (χ0) is 40.6. The number of likely N-dealkylation sites (tertiary alicyclic amines) is 2. The summed E-state index contributed by atoms with van der Waals surface area (Å²) in [5.41, 5.74) is 9.92. The standard InChI is InChI=1S/C22H25ClN2O3.C14H20N2O2.C6H3ClN2O.ClH/c1-15(26)25-10-9-21(17-4-6-20(28-2)7-5-17)18(14-25)12-19(27)11-16-3-8-22(23)24-13-16;1-10(17)16-8-7-13(14(15)9-16)11-3-5-12(18-2)6-4-11;7-6-2-1-5(3-8-6)9-4-10;/h3-8,13,18,21H,9-12,14H2,1-2H3;3-6,13-14H,7-9,15H2,1-2H3;1-3H;1H/t18-,21?;13?,14-;;/m11../s1. The lowest BCUT2D eigenvalue weighted by atomic mass is 9.77. The molecular formula is C42H49Cl3N6O6. The van der Waals surface area contributed by atoms with Crippen LogP contribution in [0.5, 0.6) is 11.5 Å². The van der Waals surface area contributed by atoms with Crippen molar-refractivity contribution in [2.45, 2.75) is 57.4 Å². The highest BCUT2D eigenvalue weighted by molar-refractivity contribution is 6.29. The van der Waals surface area contributed by atoms with E-state index in [-0.39, 0.29) is 47.9 Å². The second-order valence-corrected chi connectivity index (χ2v) is 14.4. The van der Waals surface area contributed by atoms with Crippen molar-refractivity contribution in [3.63, 3.8) is 0 Å². The lowest BCUT2D eigenvalue weighted by Crippen LogP contribution is -2.48. The number of hydrogen-bond donors (Lipinski definition) is 1. The van der Waals surface area contributed by atoms with Gasteiger partial charge in [0.05, 0.1) is 26.1 Å². The van der Waals surface area contributed by atoms with Gasteiger partial charge >= 0.3 is 0 Å². The summed E-state index contributed by atoms with van der Waals surface area (Å²) in [5, 5.41) is 0.796. The zero-order valence-corrected chi connectivity index (χ0v) is 34.8. The number of piperidine rings is 2. The van der Waals surface area contributed by atoms with Gasteiger partial charge in [0.25, 0.3) is 0 Å². The maximum atomic E-state index is 12.7. The molecule has 6 rings (SSSR count). The number of ketones is 1. The van der Waals surface area contributed by atoms with Crippen LogP contribution in [0, 0.1) is 5.92 Å². The second-order valence-electron chi connectivity index (χ2n) is 13.6. The van der Waals surface area contributed by atoms with Gasteiger partial charge in [-0.2, -0.15) is 4.99 Å². The molecule has 4 heterocycles. The van der Waals surface area contributed by atoms with Gasteiger partial charge in [0.2, 0.25) is 17.9 Å². The summed E-state index contributed by atoms with van der Waals surface area (Å²) in [7, 11) is 3.31. The van der Waals surface area contributed by atoms with Crippen LogP contribution in [0.15, 0.2) is 90.2 Å². The number of Topliss-reactive ketones (excluding diaryl/α,β-unsaturated/α-hetero) is 1. The van der Waals surface area contributed by atoms with Gasteiger partial charge in [-0.25, -0.2) is 14.8 Å². The number of carbonyl (C=O) groups is 3. The van der Waals surface area contributed by atoms with Crippen LogP contribution in [0.1, 0.15) is 61.6 Å². The van der Waals surface area contributed by atoms with E-state index in [0.717, 1.165) is 43.0 Å². The largest absolute Gasteiger partial charge is 0.497 e. The van der Waals surface area contributed by atoms with E-state index in [1.165, 1.54) is 23.4 Å². The van der Waals surface area contributed by atoms with E-state index < -0.39 is 0 Å². The number of amides is 2. The Balaban J connectivity index is 0.000000256. The molecule has 2 saturated heterocycles. The second kappa shape index (κ2) is 23.4. The van der Waals surface area contributed by atoms with E-state index in [1.807, 2.05) is 40.1 Å². The third kappa shape index (κ3) is 14.6. The average Bonchev–Trinajstić information content (AvgIpc) is 3.20. The SMILES string of the molecule is COc1ccc(C2CCN(C(C)=O)C[C@H]2CC(=O)Cc2ccc(Cl)nc2)cc1.COc1ccc(C2CCN(C(C)=O)C[C@H]2N)cc1.Cl.O=C=Nc1ccc(Cl)nc1. The number of halogens is 3. The number of hydrogen-bond acceptors (Lipinski definition) is 10. The number of nitrogens with zero attached hydrogens (tertiary/aromatic N) is 5. The fraction of sp³-hybridized carbons (Fsp3) is 0.381. The Morgan fingerprint density at radius 3 is 1.74 bits per heavy atom. The summed E-state index contributed by atoms with van der Waals surface area (Å²) >= 11 is 11.3. The Morgan fingerprint density at radius 1 is 0.772 bits per heavy atom. The van der Waals surface area contributed by atoms with Gasteiger partial charge in [0.15, 0.2) is 0 Å². The molecule has 2 N–H and O–H groups in total. The molecule has 0 saturated carbocycles. The fourth-order valence-electron chi connectivity index (χ4n) is 6.94. The van der Waals surface area contributed by atoms with Crippen molar-refractivity contribution in [2.75, 3.05) is 40.4 Å². The maximum Gasteiger partial charge on any atom is 0.240 e. The molecule has 0 aliphatic carbocycles. The molecule has 2 aliphatic heterocycles. The lowest BCUT2D eigenvalue weighted by molar-refractivity contribution is -0.132. The highest BCUT2D eigenvalue weighted by Gasteiger charge is 2.33. The summed E-state index contributed by atoms with van der Waals surface area (Å²) in [6.07, 6.45) is 6.97. The van der Waals surface area contributed by atoms with Crippen molar-refractivity contribution in [2.24, 2.45) is 16.6 Å². The quantitative estimate of drug-likeness (QED) is 0.103. The van der Waals surface area contributed by atoms with Gasteiger partial charge in [-0.05, 0) is 83.8 Å². The van der Waals surface area contributed by atoms with E-state index >= 15 is 0 Å². The summed E-state index contributed by atoms with van der Waals surface area (Å²) in [6.45, 7) is 5.95.